The third kappa shape index (κ3) is 2.51. The lowest BCUT2D eigenvalue weighted by Gasteiger charge is -2.30. The van der Waals surface area contributed by atoms with E-state index in [1.54, 1.807) is 24.3 Å². The Morgan fingerprint density at radius 1 is 0.750 bits per heavy atom. The number of benzene rings is 2. The van der Waals surface area contributed by atoms with Crippen molar-refractivity contribution in [2.75, 3.05) is 0 Å². The normalized spacial score (nSPS) is 17.2. The maximum atomic E-state index is 9.48. The second-order valence-electron chi connectivity index (χ2n) is 5.88. The maximum Gasteiger partial charge on any atom is 0.115 e. The number of hydrogen-bond acceptors (Lipinski definition) is 2. The largest absolute Gasteiger partial charge is 0.508 e. The van der Waals surface area contributed by atoms with Crippen LogP contribution in [0.15, 0.2) is 48.5 Å². The Morgan fingerprint density at radius 3 is 1.80 bits per heavy atom. The molecule has 0 radical (unpaired) electrons. The first kappa shape index (κ1) is 13.0. The molecule has 1 fully saturated rings. The highest BCUT2D eigenvalue weighted by molar-refractivity contribution is 5.35. The predicted molar refractivity (Wildman–Crippen MR) is 80.1 cm³/mol. The van der Waals surface area contributed by atoms with Crippen molar-refractivity contribution in [1.82, 2.24) is 0 Å². The van der Waals surface area contributed by atoms with E-state index in [-0.39, 0.29) is 5.41 Å². The Hall–Kier alpha value is -1.96. The van der Waals surface area contributed by atoms with Crippen LogP contribution in [0.2, 0.25) is 0 Å². The van der Waals surface area contributed by atoms with E-state index in [9.17, 15) is 10.2 Å². The Morgan fingerprint density at radius 2 is 1.25 bits per heavy atom. The van der Waals surface area contributed by atoms with Crippen LogP contribution in [0.25, 0.3) is 0 Å². The summed E-state index contributed by atoms with van der Waals surface area (Å²) >= 11 is 0. The van der Waals surface area contributed by atoms with E-state index >= 15 is 0 Å². The molecule has 20 heavy (non-hydrogen) atoms. The molecule has 0 spiro atoms. The highest BCUT2D eigenvalue weighted by Gasteiger charge is 2.35. The molecule has 104 valence electrons. The van der Waals surface area contributed by atoms with Gasteiger partial charge >= 0.3 is 0 Å². The number of aromatic hydroxyl groups is 2. The van der Waals surface area contributed by atoms with Crippen LogP contribution in [0.3, 0.4) is 0 Å². The van der Waals surface area contributed by atoms with Crippen molar-refractivity contribution < 1.29 is 10.2 Å². The monoisotopic (exact) mass is 268 g/mol. The molecule has 0 unspecified atom stereocenters. The summed E-state index contributed by atoms with van der Waals surface area (Å²) in [5.74, 6) is 0.644. The van der Waals surface area contributed by atoms with Crippen molar-refractivity contribution in [3.05, 3.63) is 59.7 Å². The summed E-state index contributed by atoms with van der Waals surface area (Å²) < 4.78 is 0. The molecule has 0 heterocycles. The standard InChI is InChI=1S/C18H20O2/c19-16-7-3-14(4-8-16)13-18(11-1-2-12-18)15-5-9-17(20)10-6-15/h3-10,19-20H,1-2,11-13H2. The summed E-state index contributed by atoms with van der Waals surface area (Å²) in [6.07, 6.45) is 5.91. The van der Waals surface area contributed by atoms with Crippen molar-refractivity contribution in [1.29, 1.82) is 0 Å². The molecule has 2 nitrogen and oxygen atoms in total. The van der Waals surface area contributed by atoms with Gasteiger partial charge in [-0.15, -0.1) is 0 Å². The van der Waals surface area contributed by atoms with Crippen LogP contribution >= 0.6 is 0 Å². The molecule has 0 aromatic heterocycles. The lowest BCUT2D eigenvalue weighted by Crippen LogP contribution is -2.25. The minimum atomic E-state index is 0.185. The molecule has 0 aliphatic heterocycles. The van der Waals surface area contributed by atoms with Gasteiger partial charge in [-0.1, -0.05) is 37.1 Å². The predicted octanol–water partition coefficient (Wildman–Crippen LogP) is 4.15. The quantitative estimate of drug-likeness (QED) is 0.877. The molecule has 0 bridgehead atoms. The topological polar surface area (TPSA) is 40.5 Å². The molecule has 1 aliphatic carbocycles. The van der Waals surface area contributed by atoms with E-state index in [1.807, 2.05) is 12.1 Å². The number of rotatable bonds is 3. The highest BCUT2D eigenvalue weighted by atomic mass is 16.3. The zero-order chi connectivity index (χ0) is 14.0. The van der Waals surface area contributed by atoms with E-state index in [1.165, 1.54) is 36.8 Å². The molecule has 1 aliphatic rings. The summed E-state index contributed by atoms with van der Waals surface area (Å²) in [5.41, 5.74) is 2.77. The summed E-state index contributed by atoms with van der Waals surface area (Å²) in [4.78, 5) is 0. The van der Waals surface area contributed by atoms with Gasteiger partial charge < -0.3 is 10.2 Å². The number of phenols is 2. The van der Waals surface area contributed by atoms with E-state index in [4.69, 9.17) is 0 Å². The van der Waals surface area contributed by atoms with Crippen molar-refractivity contribution in [2.45, 2.75) is 37.5 Å². The van der Waals surface area contributed by atoms with Gasteiger partial charge in [0.2, 0.25) is 0 Å². The molecular weight excluding hydrogens is 248 g/mol. The lowest BCUT2D eigenvalue weighted by atomic mass is 9.74. The smallest absolute Gasteiger partial charge is 0.115 e. The molecule has 0 amide bonds. The third-order valence-corrected chi connectivity index (χ3v) is 4.52. The van der Waals surface area contributed by atoms with E-state index in [2.05, 4.69) is 12.1 Å². The first-order valence-electron chi connectivity index (χ1n) is 7.25. The van der Waals surface area contributed by atoms with Crippen LogP contribution in [0, 0.1) is 0 Å². The fourth-order valence-corrected chi connectivity index (χ4v) is 3.44. The van der Waals surface area contributed by atoms with Crippen LogP contribution in [0.4, 0.5) is 0 Å². The van der Waals surface area contributed by atoms with Gasteiger partial charge in [-0.05, 0) is 60.1 Å². The van der Waals surface area contributed by atoms with Crippen molar-refractivity contribution in [3.8, 4) is 11.5 Å². The zero-order valence-corrected chi connectivity index (χ0v) is 11.5. The molecular formula is C18H20O2. The zero-order valence-electron chi connectivity index (χ0n) is 11.5. The van der Waals surface area contributed by atoms with Gasteiger partial charge in [0.25, 0.3) is 0 Å². The Balaban J connectivity index is 1.91. The maximum absolute atomic E-state index is 9.48. The van der Waals surface area contributed by atoms with Crippen LogP contribution in [-0.2, 0) is 11.8 Å². The Kier molecular flexibility index (Phi) is 3.39. The molecule has 2 N–H and O–H groups in total. The number of hydrogen-bond donors (Lipinski definition) is 2. The second kappa shape index (κ2) is 5.20. The van der Waals surface area contributed by atoms with Crippen LogP contribution < -0.4 is 0 Å². The van der Waals surface area contributed by atoms with Gasteiger partial charge in [0.05, 0.1) is 0 Å². The van der Waals surface area contributed by atoms with Gasteiger partial charge in [0.1, 0.15) is 11.5 Å². The summed E-state index contributed by atoms with van der Waals surface area (Å²) in [6, 6.07) is 15.2. The molecule has 0 atom stereocenters. The first-order chi connectivity index (χ1) is 9.68. The highest BCUT2D eigenvalue weighted by Crippen LogP contribution is 2.44. The molecule has 3 rings (SSSR count). The van der Waals surface area contributed by atoms with Crippen LogP contribution in [0.5, 0.6) is 11.5 Å². The molecule has 2 heteroatoms. The summed E-state index contributed by atoms with van der Waals surface area (Å²) in [5, 5.41) is 18.9. The molecule has 0 saturated heterocycles. The Labute approximate surface area is 119 Å². The Bertz CT molecular complexity index is 563. The summed E-state index contributed by atoms with van der Waals surface area (Å²) in [7, 11) is 0. The van der Waals surface area contributed by atoms with Crippen LogP contribution in [-0.4, -0.2) is 10.2 Å². The van der Waals surface area contributed by atoms with E-state index in [0.29, 0.717) is 11.5 Å². The SMILES string of the molecule is Oc1ccc(CC2(c3ccc(O)cc3)CCCC2)cc1. The van der Waals surface area contributed by atoms with Gasteiger partial charge in [-0.2, -0.15) is 0 Å². The van der Waals surface area contributed by atoms with Gasteiger partial charge in [-0.3, -0.25) is 0 Å². The van der Waals surface area contributed by atoms with Gasteiger partial charge in [-0.25, -0.2) is 0 Å². The molecule has 1 saturated carbocycles. The fraction of sp³-hybridized carbons (Fsp3) is 0.333. The molecule has 2 aromatic rings. The third-order valence-electron chi connectivity index (χ3n) is 4.52. The minimum absolute atomic E-state index is 0.185. The van der Waals surface area contributed by atoms with Gasteiger partial charge in [0, 0.05) is 0 Å². The average molecular weight is 268 g/mol. The summed E-state index contributed by atoms with van der Waals surface area (Å²) in [6.45, 7) is 0. The van der Waals surface area contributed by atoms with Crippen molar-refractivity contribution >= 4 is 0 Å². The second-order valence-corrected chi connectivity index (χ2v) is 5.88. The van der Waals surface area contributed by atoms with Gasteiger partial charge in [0.15, 0.2) is 0 Å². The number of phenolic OH excluding ortho intramolecular Hbond substituents is 2. The molecule has 2 aromatic carbocycles. The van der Waals surface area contributed by atoms with Crippen LogP contribution in [0.1, 0.15) is 36.8 Å². The van der Waals surface area contributed by atoms with E-state index in [0.717, 1.165) is 6.42 Å². The van der Waals surface area contributed by atoms with Crippen molar-refractivity contribution in [3.63, 3.8) is 0 Å². The first-order valence-corrected chi connectivity index (χ1v) is 7.25. The van der Waals surface area contributed by atoms with Crippen molar-refractivity contribution in [2.24, 2.45) is 0 Å². The average Bonchev–Trinajstić information content (AvgIpc) is 2.92. The minimum Gasteiger partial charge on any atom is -0.508 e. The van der Waals surface area contributed by atoms with E-state index < -0.39 is 0 Å². The lowest BCUT2D eigenvalue weighted by molar-refractivity contribution is 0.433. The fourth-order valence-electron chi connectivity index (χ4n) is 3.44.